The second kappa shape index (κ2) is 9.19. The van der Waals surface area contributed by atoms with Gasteiger partial charge in [-0.25, -0.2) is 4.39 Å². The number of nitrogens with zero attached hydrogens (tertiary/aromatic N) is 1. The summed E-state index contributed by atoms with van der Waals surface area (Å²) in [5.41, 5.74) is 2.14. The third-order valence-corrected chi connectivity index (χ3v) is 3.59. The van der Waals surface area contributed by atoms with Gasteiger partial charge >= 0.3 is 0 Å². The van der Waals surface area contributed by atoms with Crippen molar-refractivity contribution in [3.05, 3.63) is 65.5 Å². The van der Waals surface area contributed by atoms with Crippen molar-refractivity contribution in [1.82, 2.24) is 0 Å². The summed E-state index contributed by atoms with van der Waals surface area (Å²) in [6.45, 7) is 4.00. The van der Waals surface area contributed by atoms with E-state index in [1.165, 1.54) is 17.8 Å². The van der Waals surface area contributed by atoms with E-state index in [4.69, 9.17) is 5.21 Å². The summed E-state index contributed by atoms with van der Waals surface area (Å²) in [6.07, 6.45) is 2.23. The van der Waals surface area contributed by atoms with Crippen LogP contribution in [0.15, 0.2) is 58.6 Å². The van der Waals surface area contributed by atoms with Gasteiger partial charge in [0.05, 0.1) is 5.71 Å². The van der Waals surface area contributed by atoms with E-state index < -0.39 is 0 Å². The molecule has 0 aliphatic carbocycles. The fourth-order valence-corrected chi connectivity index (χ4v) is 2.30. The van der Waals surface area contributed by atoms with Gasteiger partial charge in [-0.1, -0.05) is 55.4 Å². The van der Waals surface area contributed by atoms with Crippen LogP contribution in [0.3, 0.4) is 0 Å². The summed E-state index contributed by atoms with van der Waals surface area (Å²) in [5, 5.41) is 12.4. The Morgan fingerprint density at radius 2 is 1.81 bits per heavy atom. The van der Waals surface area contributed by atoms with Crippen LogP contribution < -0.4 is 0 Å². The molecule has 0 aliphatic rings. The quantitative estimate of drug-likeness (QED) is 0.373. The van der Waals surface area contributed by atoms with Gasteiger partial charge in [0.25, 0.3) is 0 Å². The predicted octanol–water partition coefficient (Wildman–Crippen LogP) is 4.99. The minimum Gasteiger partial charge on any atom is -0.411 e. The summed E-state index contributed by atoms with van der Waals surface area (Å²) in [6, 6.07) is 14.4. The monoisotopic (exact) mass is 305 g/mol. The average Bonchev–Trinajstić information content (AvgIpc) is 2.55. The number of thioether (sulfide) groups is 1. The molecule has 0 unspecified atom stereocenters. The Morgan fingerprint density at radius 3 is 2.33 bits per heavy atom. The van der Waals surface area contributed by atoms with Gasteiger partial charge in [0.1, 0.15) is 5.82 Å². The summed E-state index contributed by atoms with van der Waals surface area (Å²) in [7, 11) is 0. The Hall–Kier alpha value is -1.81. The van der Waals surface area contributed by atoms with E-state index in [-0.39, 0.29) is 5.82 Å². The molecule has 0 spiro atoms. The van der Waals surface area contributed by atoms with Gasteiger partial charge in [-0.3, -0.25) is 0 Å². The van der Waals surface area contributed by atoms with Crippen LogP contribution >= 0.6 is 11.8 Å². The van der Waals surface area contributed by atoms with E-state index in [0.29, 0.717) is 17.0 Å². The molecule has 4 heteroatoms. The lowest BCUT2D eigenvalue weighted by atomic mass is 10.0. The second-order valence-corrected chi connectivity index (χ2v) is 4.91. The summed E-state index contributed by atoms with van der Waals surface area (Å²) < 4.78 is 13.7. The van der Waals surface area contributed by atoms with Crippen LogP contribution in [0.25, 0.3) is 0 Å². The molecule has 1 N–H and O–H groups in total. The van der Waals surface area contributed by atoms with Crippen molar-refractivity contribution in [1.29, 1.82) is 0 Å². The molecule has 2 aromatic rings. The maximum Gasteiger partial charge on any atom is 0.137 e. The number of rotatable bonds is 4. The van der Waals surface area contributed by atoms with E-state index in [0.717, 1.165) is 11.1 Å². The van der Waals surface area contributed by atoms with Crippen molar-refractivity contribution < 1.29 is 9.60 Å². The van der Waals surface area contributed by atoms with Crippen LogP contribution in [0, 0.1) is 5.82 Å². The average molecular weight is 305 g/mol. The Morgan fingerprint density at radius 1 is 1.14 bits per heavy atom. The maximum absolute atomic E-state index is 13.7. The Balaban J connectivity index is 0.00000106. The number of benzene rings is 2. The van der Waals surface area contributed by atoms with E-state index in [9.17, 15) is 4.39 Å². The first kappa shape index (κ1) is 17.2. The number of halogens is 1. The van der Waals surface area contributed by atoms with Crippen molar-refractivity contribution in [3.63, 3.8) is 0 Å². The van der Waals surface area contributed by atoms with Gasteiger partial charge < -0.3 is 5.21 Å². The lowest BCUT2D eigenvalue weighted by Crippen LogP contribution is -2.05. The van der Waals surface area contributed by atoms with Gasteiger partial charge in [-0.05, 0) is 29.5 Å². The van der Waals surface area contributed by atoms with Gasteiger partial charge in [0, 0.05) is 11.3 Å². The molecule has 21 heavy (non-hydrogen) atoms. The molecule has 0 fully saturated rings. The lowest BCUT2D eigenvalue weighted by Gasteiger charge is -2.06. The zero-order chi connectivity index (χ0) is 15.7. The Kier molecular flexibility index (Phi) is 7.54. The molecule has 0 aliphatic heterocycles. The van der Waals surface area contributed by atoms with Crippen LogP contribution in [-0.2, 0) is 6.42 Å². The van der Waals surface area contributed by atoms with E-state index >= 15 is 0 Å². The normalized spacial score (nSPS) is 10.8. The highest BCUT2D eigenvalue weighted by molar-refractivity contribution is 7.98. The zero-order valence-corrected chi connectivity index (χ0v) is 13.3. The standard InChI is InChI=1S/C15H14FNOS.C2H6/c1-19-15-8-7-11(9-13(15)16)10-14(17-18)12-5-3-2-4-6-12;1-2/h2-9,18H,10H2,1H3;1-2H3. The first-order chi connectivity index (χ1) is 10.2. The summed E-state index contributed by atoms with van der Waals surface area (Å²) in [5.74, 6) is -0.240. The van der Waals surface area contributed by atoms with E-state index in [1.54, 1.807) is 6.07 Å². The topological polar surface area (TPSA) is 32.6 Å². The highest BCUT2D eigenvalue weighted by Gasteiger charge is 2.08. The molecule has 0 saturated heterocycles. The fraction of sp³-hybridized carbons (Fsp3) is 0.235. The molecule has 112 valence electrons. The molecule has 2 nitrogen and oxygen atoms in total. The van der Waals surface area contributed by atoms with Crippen molar-refractivity contribution in [3.8, 4) is 0 Å². The molecular formula is C17H20FNOS. The molecule has 0 bridgehead atoms. The van der Waals surface area contributed by atoms with Gasteiger partial charge in [0.15, 0.2) is 0 Å². The van der Waals surface area contributed by atoms with E-state index in [2.05, 4.69) is 5.16 Å². The van der Waals surface area contributed by atoms with E-state index in [1.807, 2.05) is 56.5 Å². The van der Waals surface area contributed by atoms with Crippen LogP contribution in [0.1, 0.15) is 25.0 Å². The first-order valence-corrected chi connectivity index (χ1v) is 8.06. The molecule has 2 aromatic carbocycles. The number of hydrogen-bond donors (Lipinski definition) is 1. The lowest BCUT2D eigenvalue weighted by molar-refractivity contribution is 0.318. The number of oxime groups is 1. The molecule has 2 rings (SSSR count). The Labute approximate surface area is 129 Å². The van der Waals surface area contributed by atoms with Crippen LogP contribution in [0.2, 0.25) is 0 Å². The largest absolute Gasteiger partial charge is 0.411 e. The van der Waals surface area contributed by atoms with Gasteiger partial charge in [-0.15, -0.1) is 11.8 Å². The molecular weight excluding hydrogens is 285 g/mol. The third-order valence-electron chi connectivity index (χ3n) is 2.82. The van der Waals surface area contributed by atoms with Crippen LogP contribution in [0.5, 0.6) is 0 Å². The first-order valence-electron chi connectivity index (χ1n) is 6.83. The minimum absolute atomic E-state index is 0.240. The molecule has 0 amide bonds. The molecule has 0 saturated carbocycles. The van der Waals surface area contributed by atoms with Crippen molar-refractivity contribution in [2.45, 2.75) is 25.2 Å². The van der Waals surface area contributed by atoms with Crippen LogP contribution in [0.4, 0.5) is 4.39 Å². The maximum atomic E-state index is 13.7. The van der Waals surface area contributed by atoms with Gasteiger partial charge in [-0.2, -0.15) is 0 Å². The SMILES string of the molecule is CC.CSc1ccc(CC(=NO)c2ccccc2)cc1F. The second-order valence-electron chi connectivity index (χ2n) is 4.06. The minimum atomic E-state index is -0.240. The highest BCUT2D eigenvalue weighted by Crippen LogP contribution is 2.20. The molecule has 0 aromatic heterocycles. The van der Waals surface area contributed by atoms with Crippen molar-refractivity contribution >= 4 is 17.5 Å². The molecule has 0 heterocycles. The fourth-order valence-electron chi connectivity index (χ4n) is 1.84. The van der Waals surface area contributed by atoms with Crippen molar-refractivity contribution in [2.75, 3.05) is 6.26 Å². The highest BCUT2D eigenvalue weighted by atomic mass is 32.2. The van der Waals surface area contributed by atoms with Crippen molar-refractivity contribution in [2.24, 2.45) is 5.16 Å². The predicted molar refractivity (Wildman–Crippen MR) is 88.0 cm³/mol. The summed E-state index contributed by atoms with van der Waals surface area (Å²) in [4.78, 5) is 0.617. The summed E-state index contributed by atoms with van der Waals surface area (Å²) >= 11 is 1.37. The van der Waals surface area contributed by atoms with Gasteiger partial charge in [0.2, 0.25) is 0 Å². The zero-order valence-electron chi connectivity index (χ0n) is 12.5. The molecule has 0 atom stereocenters. The molecule has 0 radical (unpaired) electrons. The van der Waals surface area contributed by atoms with Crippen LogP contribution in [-0.4, -0.2) is 17.2 Å². The third kappa shape index (κ3) is 4.90. The Bertz CT molecular complexity index is 585. The number of hydrogen-bond acceptors (Lipinski definition) is 3. The smallest absolute Gasteiger partial charge is 0.137 e.